The molecule has 1 atom stereocenters. The number of halogens is 1. The molecule has 0 aromatic heterocycles. The van der Waals surface area contributed by atoms with Crippen LogP contribution in [0.3, 0.4) is 0 Å². The number of morpholine rings is 1. The lowest BCUT2D eigenvalue weighted by molar-refractivity contribution is -0.384. The van der Waals surface area contributed by atoms with Crippen LogP contribution in [0.15, 0.2) is 18.2 Å². The molecular weight excluding hydrogens is 286 g/mol. The fourth-order valence-corrected chi connectivity index (χ4v) is 2.11. The van der Waals surface area contributed by atoms with Gasteiger partial charge in [-0.25, -0.2) is 0 Å². The second kappa shape index (κ2) is 6.65. The smallest absolute Gasteiger partial charge is 0.271 e. The molecule has 1 amide bonds. The molecule has 1 aliphatic rings. The van der Waals surface area contributed by atoms with Gasteiger partial charge in [0, 0.05) is 41.9 Å². The molecule has 1 aromatic rings. The van der Waals surface area contributed by atoms with E-state index in [1.165, 1.54) is 18.2 Å². The maximum Gasteiger partial charge on any atom is 0.271 e. The number of non-ortho nitro benzene ring substituents is 1. The summed E-state index contributed by atoms with van der Waals surface area (Å²) >= 11 is 5.77. The number of amides is 1. The summed E-state index contributed by atoms with van der Waals surface area (Å²) in [7, 11) is 0. The lowest BCUT2D eigenvalue weighted by atomic mass is 10.2. The minimum absolute atomic E-state index is 0.0434. The first kappa shape index (κ1) is 14.7. The summed E-state index contributed by atoms with van der Waals surface area (Å²) in [5.74, 6) is -0.400. The number of carbonyl (C=O) groups excluding carboxylic acids is 1. The Morgan fingerprint density at radius 2 is 2.35 bits per heavy atom. The SMILES string of the molecule is O=C(NCC1COCCN1)c1cc(Cl)cc([N+](=O)[O-])c1. The van der Waals surface area contributed by atoms with Gasteiger partial charge in [-0.15, -0.1) is 0 Å². The van der Waals surface area contributed by atoms with Crippen molar-refractivity contribution >= 4 is 23.2 Å². The standard InChI is InChI=1S/C12H14ClN3O4/c13-9-3-8(4-11(5-9)16(18)19)12(17)15-6-10-7-20-2-1-14-10/h3-5,10,14H,1-2,6-7H2,(H,15,17). The zero-order valence-corrected chi connectivity index (χ0v) is 11.4. The first-order chi connectivity index (χ1) is 9.56. The third-order valence-corrected chi connectivity index (χ3v) is 3.08. The Morgan fingerprint density at radius 1 is 1.55 bits per heavy atom. The highest BCUT2D eigenvalue weighted by atomic mass is 35.5. The van der Waals surface area contributed by atoms with Gasteiger partial charge in [-0.1, -0.05) is 11.6 Å². The van der Waals surface area contributed by atoms with Crippen molar-refractivity contribution in [3.8, 4) is 0 Å². The van der Waals surface area contributed by atoms with E-state index in [1.807, 2.05) is 0 Å². The highest BCUT2D eigenvalue weighted by Crippen LogP contribution is 2.20. The molecule has 1 fully saturated rings. The predicted molar refractivity (Wildman–Crippen MR) is 73.0 cm³/mol. The van der Waals surface area contributed by atoms with E-state index in [1.54, 1.807) is 0 Å². The molecule has 0 spiro atoms. The average molecular weight is 300 g/mol. The van der Waals surface area contributed by atoms with Gasteiger partial charge in [-0.2, -0.15) is 0 Å². The minimum Gasteiger partial charge on any atom is -0.378 e. The van der Waals surface area contributed by atoms with Crippen LogP contribution in [0, 0.1) is 10.1 Å². The Bertz CT molecular complexity index is 517. The molecule has 2 rings (SSSR count). The summed E-state index contributed by atoms with van der Waals surface area (Å²) < 4.78 is 5.27. The highest BCUT2D eigenvalue weighted by Gasteiger charge is 2.17. The number of nitro groups is 1. The molecule has 7 nitrogen and oxygen atoms in total. The van der Waals surface area contributed by atoms with E-state index >= 15 is 0 Å². The molecule has 0 radical (unpaired) electrons. The molecule has 1 aliphatic heterocycles. The molecule has 1 aromatic carbocycles. The average Bonchev–Trinajstić information content (AvgIpc) is 2.45. The van der Waals surface area contributed by atoms with E-state index in [9.17, 15) is 14.9 Å². The fraction of sp³-hybridized carbons (Fsp3) is 0.417. The number of benzene rings is 1. The van der Waals surface area contributed by atoms with Gasteiger partial charge in [0.1, 0.15) is 0 Å². The molecular formula is C12H14ClN3O4. The van der Waals surface area contributed by atoms with Crippen molar-refractivity contribution in [2.45, 2.75) is 6.04 Å². The Labute approximate surface area is 120 Å². The number of hydrogen-bond donors (Lipinski definition) is 2. The first-order valence-corrected chi connectivity index (χ1v) is 6.48. The molecule has 108 valence electrons. The third-order valence-electron chi connectivity index (χ3n) is 2.86. The van der Waals surface area contributed by atoms with Crippen LogP contribution in [-0.4, -0.2) is 43.2 Å². The molecule has 1 heterocycles. The number of nitro benzene ring substituents is 1. The summed E-state index contributed by atoms with van der Waals surface area (Å²) in [6, 6.07) is 3.84. The van der Waals surface area contributed by atoms with E-state index < -0.39 is 10.8 Å². The van der Waals surface area contributed by atoms with Crippen LogP contribution < -0.4 is 10.6 Å². The number of rotatable bonds is 4. The Balaban J connectivity index is 1.99. The van der Waals surface area contributed by atoms with E-state index in [4.69, 9.17) is 16.3 Å². The normalized spacial score (nSPS) is 18.6. The number of carbonyl (C=O) groups is 1. The maximum absolute atomic E-state index is 12.0. The van der Waals surface area contributed by atoms with Crippen LogP contribution in [0.5, 0.6) is 0 Å². The van der Waals surface area contributed by atoms with Gasteiger partial charge in [0.05, 0.1) is 18.1 Å². The minimum atomic E-state index is -0.584. The Kier molecular flexibility index (Phi) is 4.89. The summed E-state index contributed by atoms with van der Waals surface area (Å²) in [5.41, 5.74) is -0.0392. The number of ether oxygens (including phenoxy) is 1. The largest absolute Gasteiger partial charge is 0.378 e. The molecule has 8 heteroatoms. The maximum atomic E-state index is 12.0. The van der Waals surface area contributed by atoms with Crippen LogP contribution in [0.2, 0.25) is 5.02 Å². The monoisotopic (exact) mass is 299 g/mol. The lowest BCUT2D eigenvalue weighted by Gasteiger charge is -2.23. The van der Waals surface area contributed by atoms with Crippen molar-refractivity contribution in [2.24, 2.45) is 0 Å². The second-order valence-corrected chi connectivity index (χ2v) is 4.83. The van der Waals surface area contributed by atoms with Gasteiger partial charge in [0.15, 0.2) is 0 Å². The quantitative estimate of drug-likeness (QED) is 0.638. The fourth-order valence-electron chi connectivity index (χ4n) is 1.88. The van der Waals surface area contributed by atoms with Crippen molar-refractivity contribution in [1.29, 1.82) is 0 Å². The third kappa shape index (κ3) is 3.89. The van der Waals surface area contributed by atoms with Crippen LogP contribution in [-0.2, 0) is 4.74 Å². The molecule has 0 aliphatic carbocycles. The predicted octanol–water partition coefficient (Wildman–Crippen LogP) is 0.966. The van der Waals surface area contributed by atoms with Crippen LogP contribution in [0.4, 0.5) is 5.69 Å². The van der Waals surface area contributed by atoms with E-state index in [2.05, 4.69) is 10.6 Å². The topological polar surface area (TPSA) is 93.5 Å². The molecule has 0 bridgehead atoms. The number of nitrogens with one attached hydrogen (secondary N) is 2. The molecule has 1 saturated heterocycles. The summed E-state index contributed by atoms with van der Waals surface area (Å²) in [6.07, 6.45) is 0. The van der Waals surface area contributed by atoms with Crippen molar-refractivity contribution < 1.29 is 14.5 Å². The van der Waals surface area contributed by atoms with Crippen LogP contribution >= 0.6 is 11.6 Å². The molecule has 2 N–H and O–H groups in total. The summed E-state index contributed by atoms with van der Waals surface area (Å²) in [4.78, 5) is 22.1. The van der Waals surface area contributed by atoms with Gasteiger partial charge < -0.3 is 15.4 Å². The van der Waals surface area contributed by atoms with E-state index in [0.29, 0.717) is 19.8 Å². The van der Waals surface area contributed by atoms with Gasteiger partial charge in [0.2, 0.25) is 0 Å². The van der Waals surface area contributed by atoms with Gasteiger partial charge in [-0.3, -0.25) is 14.9 Å². The Morgan fingerprint density at radius 3 is 3.00 bits per heavy atom. The van der Waals surface area contributed by atoms with Crippen molar-refractivity contribution in [2.75, 3.05) is 26.3 Å². The number of hydrogen-bond acceptors (Lipinski definition) is 5. The zero-order chi connectivity index (χ0) is 14.5. The summed E-state index contributed by atoms with van der Waals surface area (Å²) in [6.45, 7) is 2.31. The highest BCUT2D eigenvalue weighted by molar-refractivity contribution is 6.31. The van der Waals surface area contributed by atoms with Crippen molar-refractivity contribution in [3.05, 3.63) is 38.9 Å². The molecule has 1 unspecified atom stereocenters. The molecule has 0 saturated carbocycles. The molecule has 20 heavy (non-hydrogen) atoms. The van der Waals surface area contributed by atoms with Crippen molar-refractivity contribution in [3.63, 3.8) is 0 Å². The van der Waals surface area contributed by atoms with Gasteiger partial charge >= 0.3 is 0 Å². The van der Waals surface area contributed by atoms with E-state index in [-0.39, 0.29) is 22.3 Å². The Hall–Kier alpha value is -1.70. The van der Waals surface area contributed by atoms with E-state index in [0.717, 1.165) is 6.54 Å². The van der Waals surface area contributed by atoms with Crippen LogP contribution in [0.25, 0.3) is 0 Å². The lowest BCUT2D eigenvalue weighted by Crippen LogP contribution is -2.48. The summed E-state index contributed by atoms with van der Waals surface area (Å²) in [5, 5.41) is 16.8. The zero-order valence-electron chi connectivity index (χ0n) is 10.6. The van der Waals surface area contributed by atoms with Crippen LogP contribution in [0.1, 0.15) is 10.4 Å². The van der Waals surface area contributed by atoms with Gasteiger partial charge in [0.25, 0.3) is 11.6 Å². The first-order valence-electron chi connectivity index (χ1n) is 6.10. The van der Waals surface area contributed by atoms with Gasteiger partial charge in [-0.05, 0) is 6.07 Å². The second-order valence-electron chi connectivity index (χ2n) is 4.39. The van der Waals surface area contributed by atoms with Crippen molar-refractivity contribution in [1.82, 2.24) is 10.6 Å². The number of nitrogens with zero attached hydrogens (tertiary/aromatic N) is 1.